The van der Waals surface area contributed by atoms with E-state index >= 15 is 0 Å². The maximum absolute atomic E-state index is 12.8. The van der Waals surface area contributed by atoms with Gasteiger partial charge in [0.15, 0.2) is 0 Å². The Kier molecular flexibility index (Phi) is 4.88. The van der Waals surface area contributed by atoms with Crippen LogP contribution in [0.5, 0.6) is 0 Å². The van der Waals surface area contributed by atoms with Gasteiger partial charge in [-0.2, -0.15) is 13.2 Å². The number of piperidine rings is 1. The molecule has 0 aliphatic carbocycles. The van der Waals surface area contributed by atoms with Crippen molar-refractivity contribution in [3.05, 3.63) is 35.4 Å². The standard InChI is InChI=1S/C15H18F3NO2/c1-21-14(20)6-10-5-12(9-19-8-10)11-3-2-4-13(7-11)15(16,17)18/h2-4,7,10,12,19H,5-6,8-9H2,1H3. The molecular weight excluding hydrogens is 283 g/mol. The Morgan fingerprint density at radius 2 is 2.14 bits per heavy atom. The molecular formula is C15H18F3NO2. The van der Waals surface area contributed by atoms with Crippen LogP contribution in [0.1, 0.15) is 29.9 Å². The van der Waals surface area contributed by atoms with Gasteiger partial charge in [0.1, 0.15) is 0 Å². The lowest BCUT2D eigenvalue weighted by Gasteiger charge is -2.30. The van der Waals surface area contributed by atoms with Crippen LogP contribution in [0.15, 0.2) is 24.3 Å². The fraction of sp³-hybridized carbons (Fsp3) is 0.533. The van der Waals surface area contributed by atoms with Crippen LogP contribution in [0, 0.1) is 5.92 Å². The number of hydrogen-bond acceptors (Lipinski definition) is 3. The summed E-state index contributed by atoms with van der Waals surface area (Å²) in [5.74, 6) is -0.215. The SMILES string of the molecule is COC(=O)CC1CNCC(c2cccc(C(F)(F)F)c2)C1. The zero-order chi connectivity index (χ0) is 15.5. The highest BCUT2D eigenvalue weighted by atomic mass is 19.4. The highest BCUT2D eigenvalue weighted by Crippen LogP contribution is 2.33. The van der Waals surface area contributed by atoms with Gasteiger partial charge >= 0.3 is 12.1 Å². The number of esters is 1. The normalized spacial score (nSPS) is 22.9. The Bertz CT molecular complexity index is 502. The Morgan fingerprint density at radius 3 is 2.81 bits per heavy atom. The third kappa shape index (κ3) is 4.20. The largest absolute Gasteiger partial charge is 0.469 e. The fourth-order valence-corrected chi connectivity index (χ4v) is 2.73. The van der Waals surface area contributed by atoms with Crippen molar-refractivity contribution in [3.63, 3.8) is 0 Å². The van der Waals surface area contributed by atoms with E-state index in [9.17, 15) is 18.0 Å². The van der Waals surface area contributed by atoms with Crippen molar-refractivity contribution in [1.82, 2.24) is 5.32 Å². The molecule has 2 unspecified atom stereocenters. The maximum atomic E-state index is 12.8. The zero-order valence-electron chi connectivity index (χ0n) is 11.7. The first kappa shape index (κ1) is 15.8. The minimum atomic E-state index is -4.33. The van der Waals surface area contributed by atoms with E-state index in [1.807, 2.05) is 0 Å². The van der Waals surface area contributed by atoms with Crippen LogP contribution in [-0.2, 0) is 15.7 Å². The Balaban J connectivity index is 2.09. The third-order valence-corrected chi connectivity index (χ3v) is 3.81. The Hall–Kier alpha value is -1.56. The maximum Gasteiger partial charge on any atom is 0.416 e. The monoisotopic (exact) mass is 301 g/mol. The average molecular weight is 301 g/mol. The summed E-state index contributed by atoms with van der Waals surface area (Å²) >= 11 is 0. The van der Waals surface area contributed by atoms with Gasteiger partial charge in [0.05, 0.1) is 12.7 Å². The van der Waals surface area contributed by atoms with E-state index in [2.05, 4.69) is 10.1 Å². The van der Waals surface area contributed by atoms with Crippen molar-refractivity contribution >= 4 is 5.97 Å². The van der Waals surface area contributed by atoms with Gasteiger partial charge in [-0.25, -0.2) is 0 Å². The summed E-state index contributed by atoms with van der Waals surface area (Å²) in [6.45, 7) is 1.31. The van der Waals surface area contributed by atoms with Gasteiger partial charge < -0.3 is 10.1 Å². The molecule has 1 aromatic carbocycles. The molecule has 1 saturated heterocycles. The lowest BCUT2D eigenvalue weighted by Crippen LogP contribution is -2.36. The highest BCUT2D eigenvalue weighted by molar-refractivity contribution is 5.69. The molecule has 0 spiro atoms. The van der Waals surface area contributed by atoms with Gasteiger partial charge in [0.25, 0.3) is 0 Å². The number of ether oxygens (including phenoxy) is 1. The van der Waals surface area contributed by atoms with Crippen molar-refractivity contribution in [3.8, 4) is 0 Å². The van der Waals surface area contributed by atoms with E-state index in [1.165, 1.54) is 19.2 Å². The van der Waals surface area contributed by atoms with Gasteiger partial charge in [-0.3, -0.25) is 4.79 Å². The van der Waals surface area contributed by atoms with Crippen LogP contribution in [0.4, 0.5) is 13.2 Å². The molecule has 0 amide bonds. The summed E-state index contributed by atoms with van der Waals surface area (Å²) in [7, 11) is 1.34. The molecule has 1 heterocycles. The number of benzene rings is 1. The van der Waals surface area contributed by atoms with Gasteiger partial charge in [0, 0.05) is 13.0 Å². The number of carbonyl (C=O) groups is 1. The predicted molar refractivity (Wildman–Crippen MR) is 71.8 cm³/mol. The summed E-state index contributed by atoms with van der Waals surface area (Å²) in [4.78, 5) is 11.3. The molecule has 0 aromatic heterocycles. The second-order valence-electron chi connectivity index (χ2n) is 5.36. The first-order chi connectivity index (χ1) is 9.90. The second kappa shape index (κ2) is 6.47. The summed E-state index contributed by atoms with van der Waals surface area (Å²) in [6.07, 6.45) is -3.36. The highest BCUT2D eigenvalue weighted by Gasteiger charge is 2.32. The van der Waals surface area contributed by atoms with E-state index in [4.69, 9.17) is 0 Å². The molecule has 2 atom stereocenters. The molecule has 0 saturated carbocycles. The molecule has 1 N–H and O–H groups in total. The summed E-state index contributed by atoms with van der Waals surface area (Å²) in [5, 5.41) is 3.18. The quantitative estimate of drug-likeness (QED) is 0.872. The lowest BCUT2D eigenvalue weighted by molar-refractivity contribution is -0.142. The molecule has 6 heteroatoms. The number of alkyl halides is 3. The molecule has 3 nitrogen and oxygen atoms in total. The topological polar surface area (TPSA) is 38.3 Å². The number of carbonyl (C=O) groups excluding carboxylic acids is 1. The number of halogens is 3. The lowest BCUT2D eigenvalue weighted by atomic mass is 9.83. The summed E-state index contributed by atoms with van der Waals surface area (Å²) in [5.41, 5.74) is 0.0296. The van der Waals surface area contributed by atoms with Crippen molar-refractivity contribution in [2.45, 2.75) is 24.9 Å². The van der Waals surface area contributed by atoms with Crippen LogP contribution in [0.3, 0.4) is 0 Å². The van der Waals surface area contributed by atoms with Crippen LogP contribution in [0.2, 0.25) is 0 Å². The summed E-state index contributed by atoms with van der Waals surface area (Å²) in [6, 6.07) is 5.42. The van der Waals surface area contributed by atoms with E-state index in [0.717, 1.165) is 6.07 Å². The second-order valence-corrected chi connectivity index (χ2v) is 5.36. The molecule has 2 rings (SSSR count). The smallest absolute Gasteiger partial charge is 0.416 e. The average Bonchev–Trinajstić information content (AvgIpc) is 2.46. The molecule has 1 aromatic rings. The number of hydrogen-bond donors (Lipinski definition) is 1. The third-order valence-electron chi connectivity index (χ3n) is 3.81. The molecule has 116 valence electrons. The number of nitrogens with one attached hydrogen (secondary N) is 1. The van der Waals surface area contributed by atoms with Crippen LogP contribution in [-0.4, -0.2) is 26.2 Å². The van der Waals surface area contributed by atoms with Gasteiger partial charge in [0.2, 0.25) is 0 Å². The van der Waals surface area contributed by atoms with Gasteiger partial charge in [-0.1, -0.05) is 18.2 Å². The molecule has 0 radical (unpaired) electrons. The first-order valence-electron chi connectivity index (χ1n) is 6.85. The van der Waals surface area contributed by atoms with E-state index < -0.39 is 11.7 Å². The Labute approximate surface area is 121 Å². The van der Waals surface area contributed by atoms with Gasteiger partial charge in [-0.05, 0) is 36.4 Å². The minimum absolute atomic E-state index is 0.0179. The van der Waals surface area contributed by atoms with E-state index in [1.54, 1.807) is 6.07 Å². The van der Waals surface area contributed by atoms with E-state index in [-0.39, 0.29) is 17.8 Å². The van der Waals surface area contributed by atoms with Crippen LogP contribution < -0.4 is 5.32 Å². The summed E-state index contributed by atoms with van der Waals surface area (Å²) < 4.78 is 42.9. The fourth-order valence-electron chi connectivity index (χ4n) is 2.73. The van der Waals surface area contributed by atoms with Crippen molar-refractivity contribution in [2.75, 3.05) is 20.2 Å². The van der Waals surface area contributed by atoms with Crippen molar-refractivity contribution in [2.24, 2.45) is 5.92 Å². The Morgan fingerprint density at radius 1 is 1.38 bits per heavy atom. The van der Waals surface area contributed by atoms with Crippen molar-refractivity contribution in [1.29, 1.82) is 0 Å². The predicted octanol–water partition coefficient (Wildman–Crippen LogP) is 2.96. The van der Waals surface area contributed by atoms with Crippen LogP contribution >= 0.6 is 0 Å². The minimum Gasteiger partial charge on any atom is -0.469 e. The molecule has 1 aliphatic rings. The first-order valence-corrected chi connectivity index (χ1v) is 6.85. The van der Waals surface area contributed by atoms with Crippen molar-refractivity contribution < 1.29 is 22.7 Å². The zero-order valence-corrected chi connectivity index (χ0v) is 11.7. The van der Waals surface area contributed by atoms with Crippen LogP contribution in [0.25, 0.3) is 0 Å². The number of methoxy groups -OCH3 is 1. The van der Waals surface area contributed by atoms with Gasteiger partial charge in [-0.15, -0.1) is 0 Å². The molecule has 1 fully saturated rings. The molecule has 0 bridgehead atoms. The number of rotatable bonds is 3. The van der Waals surface area contributed by atoms with E-state index in [0.29, 0.717) is 31.5 Å². The molecule has 21 heavy (non-hydrogen) atoms. The molecule has 1 aliphatic heterocycles.